The van der Waals surface area contributed by atoms with E-state index in [2.05, 4.69) is 10.6 Å². The first kappa shape index (κ1) is 33.4. The van der Waals surface area contributed by atoms with Gasteiger partial charge in [0.25, 0.3) is 5.91 Å². The molecule has 3 aromatic rings. The van der Waals surface area contributed by atoms with Crippen LogP contribution in [-0.2, 0) is 14.4 Å². The molecule has 2 heterocycles. The molecule has 3 amide bonds. The van der Waals surface area contributed by atoms with Gasteiger partial charge in [-0.25, -0.2) is 4.99 Å². The molecule has 7 N–H and O–H groups in total. The Morgan fingerprint density at radius 2 is 1.81 bits per heavy atom. The van der Waals surface area contributed by atoms with Crippen LogP contribution in [0.5, 0.6) is 17.2 Å². The number of amides is 3. The number of methoxy groups -OCH3 is 2. The predicted molar refractivity (Wildman–Crippen MR) is 183 cm³/mol. The number of anilines is 1. The molecule has 2 aliphatic heterocycles. The minimum Gasteiger partial charge on any atom is -0.502 e. The maximum atomic E-state index is 14.2. The predicted octanol–water partition coefficient (Wildman–Crippen LogP) is 3.69. The highest BCUT2D eigenvalue weighted by molar-refractivity contribution is 8.18. The van der Waals surface area contributed by atoms with E-state index in [-0.39, 0.29) is 52.6 Å². The van der Waals surface area contributed by atoms with Crippen LogP contribution in [0.15, 0.2) is 76.6 Å². The van der Waals surface area contributed by atoms with Crippen molar-refractivity contribution in [2.24, 2.45) is 16.5 Å². The fourth-order valence-electron chi connectivity index (χ4n) is 5.66. The molecule has 13 heteroatoms. The van der Waals surface area contributed by atoms with E-state index in [1.165, 1.54) is 19.1 Å². The monoisotopic (exact) mass is 658 g/mol. The van der Waals surface area contributed by atoms with Crippen molar-refractivity contribution in [2.45, 2.75) is 37.3 Å². The maximum absolute atomic E-state index is 14.2. The number of aromatic hydroxyl groups is 1. The van der Waals surface area contributed by atoms with Gasteiger partial charge in [-0.2, -0.15) is 0 Å². The Hall–Kier alpha value is -5.01. The van der Waals surface area contributed by atoms with Crippen LogP contribution in [0.25, 0.3) is 6.08 Å². The van der Waals surface area contributed by atoms with Crippen molar-refractivity contribution in [3.05, 3.63) is 82.8 Å². The zero-order valence-corrected chi connectivity index (χ0v) is 27.0. The zero-order chi connectivity index (χ0) is 33.5. The van der Waals surface area contributed by atoms with Gasteiger partial charge in [0, 0.05) is 18.2 Å². The summed E-state index contributed by atoms with van der Waals surface area (Å²) >= 11 is 1.10. The number of nitrogens with zero attached hydrogens (tertiary/aromatic N) is 2. The first-order valence-corrected chi connectivity index (χ1v) is 16.0. The average Bonchev–Trinajstić information content (AvgIpc) is 3.61. The van der Waals surface area contributed by atoms with Crippen molar-refractivity contribution in [1.29, 1.82) is 0 Å². The summed E-state index contributed by atoms with van der Waals surface area (Å²) in [6, 6.07) is 18.0. The molecule has 0 bridgehead atoms. The molecule has 0 radical (unpaired) electrons. The quantitative estimate of drug-likeness (QED) is 0.171. The number of rotatable bonds is 13. The molecule has 3 aromatic carbocycles. The van der Waals surface area contributed by atoms with E-state index >= 15 is 0 Å². The Bertz CT molecular complexity index is 1670. The highest BCUT2D eigenvalue weighted by atomic mass is 32.2. The summed E-state index contributed by atoms with van der Waals surface area (Å²) in [5.74, 6) is -1.55. The number of phenolic OH excluding ortho intramolecular Hbond substituents is 1. The topological polar surface area (TPSA) is 182 Å². The average molecular weight is 659 g/mol. The molecule has 3 unspecified atom stereocenters. The number of amidine groups is 1. The van der Waals surface area contributed by atoms with E-state index in [1.807, 2.05) is 42.5 Å². The van der Waals surface area contributed by atoms with Gasteiger partial charge in [0.05, 0.1) is 24.8 Å². The number of carbonyl (C=O) groups is 3. The smallest absolute Gasteiger partial charge is 0.267 e. The van der Waals surface area contributed by atoms with Gasteiger partial charge in [-0.1, -0.05) is 36.4 Å². The molecular formula is C34H38N6O6S. The van der Waals surface area contributed by atoms with E-state index < -0.39 is 29.8 Å². The number of phenols is 1. The van der Waals surface area contributed by atoms with Gasteiger partial charge in [0.15, 0.2) is 16.7 Å². The summed E-state index contributed by atoms with van der Waals surface area (Å²) in [6.07, 6.45) is 2.55. The van der Waals surface area contributed by atoms with Gasteiger partial charge in [0.2, 0.25) is 17.6 Å². The van der Waals surface area contributed by atoms with Gasteiger partial charge in [0.1, 0.15) is 12.1 Å². The molecule has 0 aliphatic carbocycles. The SMILES string of the molecule is COc1cc(C=C2SC(=Nc3ccccc3)N(C(CCCN)C(=O)NC(CC3CNc4ccccc43)C(N)=O)C2=O)cc(OC)c1O. The van der Waals surface area contributed by atoms with E-state index in [0.717, 1.165) is 23.0 Å². The Morgan fingerprint density at radius 3 is 2.47 bits per heavy atom. The van der Waals surface area contributed by atoms with E-state index in [0.29, 0.717) is 24.2 Å². The lowest BCUT2D eigenvalue weighted by Crippen LogP contribution is -2.54. The summed E-state index contributed by atoms with van der Waals surface area (Å²) in [6.45, 7) is 0.884. The molecule has 47 heavy (non-hydrogen) atoms. The lowest BCUT2D eigenvalue weighted by Gasteiger charge is -2.28. The summed E-state index contributed by atoms with van der Waals surface area (Å²) in [5.41, 5.74) is 14.8. The molecule has 1 saturated heterocycles. The number of hydrogen-bond donors (Lipinski definition) is 5. The second-order valence-electron chi connectivity index (χ2n) is 11.1. The van der Waals surface area contributed by atoms with Gasteiger partial charge < -0.3 is 36.7 Å². The number of nitrogens with one attached hydrogen (secondary N) is 2. The van der Waals surface area contributed by atoms with Crippen molar-refractivity contribution in [2.75, 3.05) is 32.6 Å². The van der Waals surface area contributed by atoms with E-state index in [4.69, 9.17) is 25.9 Å². The minimum absolute atomic E-state index is 0.0421. The largest absolute Gasteiger partial charge is 0.502 e. The Balaban J connectivity index is 1.49. The second-order valence-corrected chi connectivity index (χ2v) is 12.1. The minimum atomic E-state index is -1.04. The number of para-hydroxylation sites is 2. The van der Waals surface area contributed by atoms with Crippen LogP contribution >= 0.6 is 11.8 Å². The molecule has 0 saturated carbocycles. The molecule has 2 aliphatic rings. The van der Waals surface area contributed by atoms with Gasteiger partial charge in [-0.05, 0) is 85.1 Å². The van der Waals surface area contributed by atoms with Crippen molar-refractivity contribution in [3.8, 4) is 17.2 Å². The standard InChI is InChI=1S/C34H38N6O6S/c1-45-27-15-20(16-28(46-2)30(27)41)17-29-33(44)40(34(47-29)38-22-9-4-3-5-10-22)26(13-8-14-35)32(43)39-25(31(36)42)18-21-19-37-24-12-7-6-11-23(21)24/h3-7,9-12,15-17,21,25-26,37,41H,8,13-14,18-19,35H2,1-2H3,(H2,36,42)(H,39,43). The third-order valence-electron chi connectivity index (χ3n) is 8.03. The Labute approximate surface area is 277 Å². The maximum Gasteiger partial charge on any atom is 0.267 e. The highest BCUT2D eigenvalue weighted by Gasteiger charge is 2.42. The summed E-state index contributed by atoms with van der Waals surface area (Å²) in [5, 5.41) is 16.8. The first-order valence-electron chi connectivity index (χ1n) is 15.2. The second kappa shape index (κ2) is 15.1. The number of carbonyl (C=O) groups excluding carboxylic acids is 3. The highest BCUT2D eigenvalue weighted by Crippen LogP contribution is 2.41. The molecule has 12 nitrogen and oxygen atoms in total. The van der Waals surface area contributed by atoms with Crippen LogP contribution in [0.2, 0.25) is 0 Å². The van der Waals surface area contributed by atoms with Crippen molar-refractivity contribution >= 4 is 52.1 Å². The fraction of sp³-hybridized carbons (Fsp3) is 0.294. The molecule has 0 spiro atoms. The van der Waals surface area contributed by atoms with Gasteiger partial charge in [-0.15, -0.1) is 0 Å². The fourth-order valence-corrected chi connectivity index (χ4v) is 6.69. The van der Waals surface area contributed by atoms with Crippen LogP contribution in [0, 0.1) is 0 Å². The molecule has 5 rings (SSSR count). The van der Waals surface area contributed by atoms with Gasteiger partial charge >= 0.3 is 0 Å². The van der Waals surface area contributed by atoms with Crippen LogP contribution in [-0.4, -0.2) is 72.3 Å². The molecule has 3 atom stereocenters. The Morgan fingerprint density at radius 1 is 1.13 bits per heavy atom. The Kier molecular flexibility index (Phi) is 10.7. The summed E-state index contributed by atoms with van der Waals surface area (Å²) in [7, 11) is 2.82. The van der Waals surface area contributed by atoms with Crippen LogP contribution < -0.4 is 31.6 Å². The van der Waals surface area contributed by atoms with Crippen molar-refractivity contribution in [1.82, 2.24) is 10.2 Å². The van der Waals surface area contributed by atoms with Gasteiger partial charge in [-0.3, -0.25) is 19.3 Å². The number of primary amides is 1. The number of fused-ring (bicyclic) bond motifs is 1. The van der Waals surface area contributed by atoms with Crippen LogP contribution in [0.3, 0.4) is 0 Å². The number of ether oxygens (including phenoxy) is 2. The lowest BCUT2D eigenvalue weighted by molar-refractivity contribution is -0.135. The molecule has 1 fully saturated rings. The van der Waals surface area contributed by atoms with Crippen molar-refractivity contribution < 1.29 is 29.0 Å². The zero-order valence-electron chi connectivity index (χ0n) is 26.1. The van der Waals surface area contributed by atoms with E-state index in [1.54, 1.807) is 30.3 Å². The van der Waals surface area contributed by atoms with Crippen molar-refractivity contribution in [3.63, 3.8) is 0 Å². The first-order chi connectivity index (χ1) is 22.7. The molecule has 0 aromatic heterocycles. The number of hydrogen-bond acceptors (Lipinski definition) is 10. The van der Waals surface area contributed by atoms with Crippen LogP contribution in [0.4, 0.5) is 11.4 Å². The number of benzene rings is 3. The number of aliphatic imine (C=N–C) groups is 1. The normalized spacial score (nSPS) is 18.5. The van der Waals surface area contributed by atoms with E-state index in [9.17, 15) is 19.5 Å². The summed E-state index contributed by atoms with van der Waals surface area (Å²) in [4.78, 5) is 47.3. The third-order valence-corrected chi connectivity index (χ3v) is 9.02. The lowest BCUT2D eigenvalue weighted by atomic mass is 9.93. The molecular weight excluding hydrogens is 620 g/mol. The number of thioether (sulfide) groups is 1. The molecule has 246 valence electrons. The third kappa shape index (κ3) is 7.53. The summed E-state index contributed by atoms with van der Waals surface area (Å²) < 4.78 is 10.6. The number of nitrogens with two attached hydrogens (primary N) is 2. The van der Waals surface area contributed by atoms with Crippen LogP contribution in [0.1, 0.15) is 36.3 Å².